The number of aliphatic hydroxyl groups is 1. The quantitative estimate of drug-likeness (QED) is 0.310. The average molecular weight is 532 g/mol. The minimum Gasteiger partial charge on any atom is -0.386 e. The number of rotatable bonds is 5. The van der Waals surface area contributed by atoms with Crippen molar-refractivity contribution in [1.82, 2.24) is 24.5 Å². The summed E-state index contributed by atoms with van der Waals surface area (Å²) in [6, 6.07) is 10.9. The topological polar surface area (TPSA) is 78.0 Å². The predicted octanol–water partition coefficient (Wildman–Crippen LogP) is 5.82. The lowest BCUT2D eigenvalue weighted by Gasteiger charge is -2.33. The monoisotopic (exact) mass is 531 g/mol. The van der Waals surface area contributed by atoms with Gasteiger partial charge in [-0.25, -0.2) is 13.5 Å². The largest absolute Gasteiger partial charge is 0.386 e. The number of pyridine rings is 1. The summed E-state index contributed by atoms with van der Waals surface area (Å²) >= 11 is 0. The molecule has 7 nitrogen and oxygen atoms in total. The minimum atomic E-state index is -1.09. The van der Waals surface area contributed by atoms with Gasteiger partial charge in [0.1, 0.15) is 11.6 Å². The number of ether oxygens (including phenoxy) is 1. The molecule has 0 unspecified atom stereocenters. The van der Waals surface area contributed by atoms with Crippen molar-refractivity contribution in [2.24, 2.45) is 13.0 Å². The lowest BCUT2D eigenvalue weighted by Crippen LogP contribution is -2.28. The van der Waals surface area contributed by atoms with Crippen molar-refractivity contribution in [3.8, 4) is 11.3 Å². The van der Waals surface area contributed by atoms with Gasteiger partial charge in [0.2, 0.25) is 0 Å². The van der Waals surface area contributed by atoms with E-state index in [2.05, 4.69) is 14.9 Å². The van der Waals surface area contributed by atoms with Crippen molar-refractivity contribution in [1.29, 1.82) is 0 Å². The zero-order valence-electron chi connectivity index (χ0n) is 22.4. The molecule has 0 aliphatic carbocycles. The standard InChI is InChI=1S/C30H31F2N5O2/c1-17-28(36(4)35-34-17)19-13-26-27(33-16-19)22-7-5-20(30(2,3)38)14-25(22)37(26)29(18-9-11-39-12-10-18)23-15-21(31)6-8-24(23)32/h5-8,13-16,18,29,38H,9-12H2,1-4H3/t29-/m1/s1. The highest BCUT2D eigenvalue weighted by Gasteiger charge is 2.33. The van der Waals surface area contributed by atoms with Crippen LogP contribution in [-0.2, 0) is 17.4 Å². The highest BCUT2D eigenvalue weighted by atomic mass is 19.1. The fourth-order valence-corrected chi connectivity index (χ4v) is 5.95. The molecule has 1 N–H and O–H groups in total. The summed E-state index contributed by atoms with van der Waals surface area (Å²) in [5.74, 6) is -0.961. The molecule has 1 aliphatic heterocycles. The first-order chi connectivity index (χ1) is 18.6. The molecule has 3 aromatic heterocycles. The van der Waals surface area contributed by atoms with E-state index in [1.54, 1.807) is 24.7 Å². The Morgan fingerprint density at radius 2 is 1.82 bits per heavy atom. The van der Waals surface area contributed by atoms with Crippen molar-refractivity contribution in [2.75, 3.05) is 13.2 Å². The average Bonchev–Trinajstić information content (AvgIpc) is 3.42. The molecule has 5 aromatic rings. The van der Waals surface area contributed by atoms with Gasteiger partial charge in [-0.05, 0) is 75.4 Å². The normalized spacial score (nSPS) is 15.9. The summed E-state index contributed by atoms with van der Waals surface area (Å²) in [6.07, 6.45) is 3.20. The molecule has 202 valence electrons. The fraction of sp³-hybridized carbons (Fsp3) is 0.367. The van der Waals surface area contributed by atoms with Crippen LogP contribution >= 0.6 is 0 Å². The Morgan fingerprint density at radius 3 is 2.51 bits per heavy atom. The van der Waals surface area contributed by atoms with E-state index in [1.165, 1.54) is 12.1 Å². The number of fused-ring (bicyclic) bond motifs is 3. The second kappa shape index (κ2) is 9.50. The van der Waals surface area contributed by atoms with Crippen LogP contribution < -0.4 is 0 Å². The van der Waals surface area contributed by atoms with Gasteiger partial charge in [0.25, 0.3) is 0 Å². The van der Waals surface area contributed by atoms with Crippen molar-refractivity contribution in [3.63, 3.8) is 0 Å². The summed E-state index contributed by atoms with van der Waals surface area (Å²) in [7, 11) is 1.83. The van der Waals surface area contributed by atoms with Crippen LogP contribution in [0.1, 0.15) is 49.6 Å². The summed E-state index contributed by atoms with van der Waals surface area (Å²) in [5.41, 5.74) is 4.67. The lowest BCUT2D eigenvalue weighted by molar-refractivity contribution is 0.0548. The molecule has 1 aliphatic rings. The van der Waals surface area contributed by atoms with Crippen LogP contribution in [-0.4, -0.2) is 42.9 Å². The van der Waals surface area contributed by atoms with Crippen LogP contribution in [0.2, 0.25) is 0 Å². The first-order valence-corrected chi connectivity index (χ1v) is 13.2. The van der Waals surface area contributed by atoms with Crippen LogP contribution in [0.4, 0.5) is 8.78 Å². The Kier molecular flexibility index (Phi) is 6.23. The number of hydrogen-bond donors (Lipinski definition) is 1. The molecule has 39 heavy (non-hydrogen) atoms. The van der Waals surface area contributed by atoms with E-state index in [-0.39, 0.29) is 11.5 Å². The van der Waals surface area contributed by atoms with E-state index in [0.29, 0.717) is 26.1 Å². The number of benzene rings is 2. The number of hydrogen-bond acceptors (Lipinski definition) is 5. The summed E-state index contributed by atoms with van der Waals surface area (Å²) in [5, 5.41) is 20.1. The van der Waals surface area contributed by atoms with Crippen LogP contribution in [0.15, 0.2) is 48.7 Å². The number of aromatic nitrogens is 5. The Morgan fingerprint density at radius 1 is 1.05 bits per heavy atom. The SMILES string of the molecule is Cc1nnn(C)c1-c1cnc2c3ccc(C(C)(C)O)cc3n([C@@H](c3cc(F)ccc3F)C3CCOCC3)c2c1. The maximum absolute atomic E-state index is 15.6. The van der Waals surface area contributed by atoms with E-state index in [9.17, 15) is 9.50 Å². The van der Waals surface area contributed by atoms with Crippen molar-refractivity contribution in [3.05, 3.63) is 77.1 Å². The predicted molar refractivity (Wildman–Crippen MR) is 145 cm³/mol. The molecule has 0 spiro atoms. The molecular formula is C30H31F2N5O2. The van der Waals surface area contributed by atoms with E-state index in [1.807, 2.05) is 38.2 Å². The van der Waals surface area contributed by atoms with Crippen LogP contribution in [0, 0.1) is 24.5 Å². The third kappa shape index (κ3) is 4.39. The zero-order valence-corrected chi connectivity index (χ0v) is 22.4. The van der Waals surface area contributed by atoms with E-state index < -0.39 is 23.3 Å². The second-order valence-corrected chi connectivity index (χ2v) is 11.0. The Balaban J connectivity index is 1.72. The molecule has 1 fully saturated rings. The van der Waals surface area contributed by atoms with Crippen molar-refractivity contribution in [2.45, 2.75) is 45.3 Å². The minimum absolute atomic E-state index is 0.0107. The summed E-state index contributed by atoms with van der Waals surface area (Å²) < 4.78 is 39.6. The highest BCUT2D eigenvalue weighted by Crippen LogP contribution is 2.42. The Labute approximate surface area is 225 Å². The lowest BCUT2D eigenvalue weighted by atomic mass is 9.86. The van der Waals surface area contributed by atoms with Crippen LogP contribution in [0.3, 0.4) is 0 Å². The van der Waals surface area contributed by atoms with Gasteiger partial charge in [-0.2, -0.15) is 0 Å². The van der Waals surface area contributed by atoms with Crippen LogP contribution in [0.5, 0.6) is 0 Å². The molecule has 6 rings (SSSR count). The first kappa shape index (κ1) is 25.6. The maximum atomic E-state index is 15.6. The van der Waals surface area contributed by atoms with Gasteiger partial charge >= 0.3 is 0 Å². The third-order valence-corrected chi connectivity index (χ3v) is 7.88. The maximum Gasteiger partial charge on any atom is 0.128 e. The fourth-order valence-electron chi connectivity index (χ4n) is 5.95. The van der Waals surface area contributed by atoms with Gasteiger partial charge in [0, 0.05) is 43.0 Å². The molecule has 1 atom stereocenters. The Bertz CT molecular complexity index is 1680. The highest BCUT2D eigenvalue weighted by molar-refractivity contribution is 6.07. The number of halogens is 2. The first-order valence-electron chi connectivity index (χ1n) is 13.2. The number of aryl methyl sites for hydroxylation is 2. The molecule has 0 radical (unpaired) electrons. The van der Waals surface area contributed by atoms with Crippen molar-refractivity contribution >= 4 is 21.9 Å². The smallest absolute Gasteiger partial charge is 0.128 e. The second-order valence-electron chi connectivity index (χ2n) is 11.0. The molecule has 9 heteroatoms. The number of nitrogens with zero attached hydrogens (tertiary/aromatic N) is 5. The molecule has 0 bridgehead atoms. The molecule has 4 heterocycles. The summed E-state index contributed by atoms with van der Waals surface area (Å²) in [6.45, 7) is 6.46. The zero-order chi connectivity index (χ0) is 27.5. The molecule has 2 aromatic carbocycles. The Hall–Kier alpha value is -3.69. The van der Waals surface area contributed by atoms with Crippen LogP contribution in [0.25, 0.3) is 33.2 Å². The van der Waals surface area contributed by atoms with Gasteiger partial charge in [-0.3, -0.25) is 4.98 Å². The van der Waals surface area contributed by atoms with E-state index in [0.717, 1.165) is 50.5 Å². The van der Waals surface area contributed by atoms with Gasteiger partial charge in [0.05, 0.1) is 39.6 Å². The van der Waals surface area contributed by atoms with Crippen molar-refractivity contribution < 1.29 is 18.6 Å². The van der Waals surface area contributed by atoms with Gasteiger partial charge in [-0.1, -0.05) is 17.3 Å². The third-order valence-electron chi connectivity index (χ3n) is 7.88. The molecular weight excluding hydrogens is 500 g/mol. The molecule has 1 saturated heterocycles. The van der Waals surface area contributed by atoms with E-state index >= 15 is 4.39 Å². The van der Waals surface area contributed by atoms with Gasteiger partial charge in [0.15, 0.2) is 0 Å². The van der Waals surface area contributed by atoms with Gasteiger partial charge < -0.3 is 14.4 Å². The van der Waals surface area contributed by atoms with Gasteiger partial charge in [-0.15, -0.1) is 5.10 Å². The van der Waals surface area contributed by atoms with E-state index in [4.69, 9.17) is 9.72 Å². The molecule has 0 amide bonds. The summed E-state index contributed by atoms with van der Waals surface area (Å²) in [4.78, 5) is 4.88. The molecule has 0 saturated carbocycles.